The van der Waals surface area contributed by atoms with Crippen molar-refractivity contribution >= 4 is 44.2 Å². The summed E-state index contributed by atoms with van der Waals surface area (Å²) in [5.41, 5.74) is 3.54. The highest BCUT2D eigenvalue weighted by molar-refractivity contribution is 9.10. The Bertz CT molecular complexity index is 1000. The van der Waals surface area contributed by atoms with Crippen molar-refractivity contribution in [2.24, 2.45) is 5.92 Å². The quantitative estimate of drug-likeness (QED) is 0.656. The number of aromatic nitrogens is 2. The van der Waals surface area contributed by atoms with Gasteiger partial charge in [0.25, 0.3) is 0 Å². The van der Waals surface area contributed by atoms with Crippen LogP contribution in [0.25, 0.3) is 11.0 Å². The molecule has 0 aliphatic carbocycles. The van der Waals surface area contributed by atoms with E-state index in [0.717, 1.165) is 47.1 Å². The molecule has 0 saturated carbocycles. The number of methoxy groups -OCH3 is 1. The third kappa shape index (κ3) is 3.80. The number of hydrogen-bond acceptors (Lipinski definition) is 5. The molecule has 1 amide bonds. The summed E-state index contributed by atoms with van der Waals surface area (Å²) in [6, 6.07) is 11.5. The molecule has 4 rings (SSSR count). The highest BCUT2D eigenvalue weighted by Crippen LogP contribution is 2.30. The van der Waals surface area contributed by atoms with Crippen LogP contribution in [0.5, 0.6) is 5.75 Å². The molecule has 0 bridgehead atoms. The van der Waals surface area contributed by atoms with Gasteiger partial charge in [-0.2, -0.15) is 0 Å². The van der Waals surface area contributed by atoms with E-state index in [4.69, 9.17) is 4.74 Å². The Morgan fingerprint density at radius 2 is 2.00 bits per heavy atom. The second-order valence-electron chi connectivity index (χ2n) is 6.80. The zero-order valence-electron chi connectivity index (χ0n) is 15.6. The van der Waals surface area contributed by atoms with E-state index < -0.39 is 0 Å². The molecule has 28 heavy (non-hydrogen) atoms. The number of piperidine rings is 1. The summed E-state index contributed by atoms with van der Waals surface area (Å²) < 4.78 is 6.23. The maximum Gasteiger partial charge on any atom is 0.227 e. The number of carbonyl (C=O) groups is 1. The Balaban J connectivity index is 1.44. The highest BCUT2D eigenvalue weighted by Gasteiger charge is 2.26. The molecule has 1 N–H and O–H groups in total. The van der Waals surface area contributed by atoms with Crippen molar-refractivity contribution in [1.29, 1.82) is 0 Å². The van der Waals surface area contributed by atoms with Crippen molar-refractivity contribution in [1.82, 2.24) is 9.97 Å². The second kappa shape index (κ2) is 8.14. The van der Waals surface area contributed by atoms with Gasteiger partial charge in [-0.05, 0) is 53.0 Å². The fraction of sp³-hybridized carbons (Fsp3) is 0.286. The molecule has 7 heteroatoms. The van der Waals surface area contributed by atoms with Crippen LogP contribution in [-0.2, 0) is 4.79 Å². The number of ether oxygens (including phenoxy) is 1. The maximum atomic E-state index is 12.7. The molecule has 1 aliphatic heterocycles. The van der Waals surface area contributed by atoms with Gasteiger partial charge in [0, 0.05) is 35.9 Å². The summed E-state index contributed by atoms with van der Waals surface area (Å²) in [6.07, 6.45) is 5.19. The lowest BCUT2D eigenvalue weighted by Crippen LogP contribution is -2.38. The highest BCUT2D eigenvalue weighted by atomic mass is 79.9. The summed E-state index contributed by atoms with van der Waals surface area (Å²) in [4.78, 5) is 24.0. The Kier molecular flexibility index (Phi) is 5.43. The standard InChI is InChI=1S/C21H21BrN4O2/c1-28-19-5-3-2-4-16(19)25-21(27)14-7-10-26(11-8-14)18-6-9-23-17-12-15(22)13-24-20(17)18/h2-6,9,12-14H,7-8,10-11H2,1H3,(H,25,27). The van der Waals surface area contributed by atoms with Crippen molar-refractivity contribution < 1.29 is 9.53 Å². The van der Waals surface area contributed by atoms with Crippen molar-refractivity contribution in [3.05, 3.63) is 53.3 Å². The molecule has 0 radical (unpaired) electrons. The molecule has 0 atom stereocenters. The van der Waals surface area contributed by atoms with Crippen molar-refractivity contribution in [2.45, 2.75) is 12.8 Å². The van der Waals surface area contributed by atoms with Crippen LogP contribution in [0.2, 0.25) is 0 Å². The number of para-hydroxylation sites is 2. The lowest BCUT2D eigenvalue weighted by atomic mass is 9.95. The van der Waals surface area contributed by atoms with E-state index in [1.54, 1.807) is 13.3 Å². The summed E-state index contributed by atoms with van der Waals surface area (Å²) in [7, 11) is 1.61. The second-order valence-corrected chi connectivity index (χ2v) is 7.72. The first-order chi connectivity index (χ1) is 13.7. The maximum absolute atomic E-state index is 12.7. The van der Waals surface area contributed by atoms with Crippen LogP contribution < -0.4 is 15.0 Å². The van der Waals surface area contributed by atoms with Gasteiger partial charge in [0.15, 0.2) is 0 Å². The molecule has 1 aliphatic rings. The van der Waals surface area contributed by atoms with Gasteiger partial charge in [-0.25, -0.2) is 0 Å². The van der Waals surface area contributed by atoms with Gasteiger partial charge in [0.2, 0.25) is 5.91 Å². The van der Waals surface area contributed by atoms with Gasteiger partial charge in [-0.15, -0.1) is 0 Å². The first kappa shape index (κ1) is 18.7. The summed E-state index contributed by atoms with van der Waals surface area (Å²) in [5, 5.41) is 3.01. The topological polar surface area (TPSA) is 67.3 Å². The van der Waals surface area contributed by atoms with Gasteiger partial charge >= 0.3 is 0 Å². The minimum atomic E-state index is -0.0173. The normalized spacial score (nSPS) is 14.9. The van der Waals surface area contributed by atoms with E-state index in [9.17, 15) is 4.79 Å². The fourth-order valence-electron chi connectivity index (χ4n) is 3.61. The average molecular weight is 441 g/mol. The lowest BCUT2D eigenvalue weighted by molar-refractivity contribution is -0.120. The molecule has 6 nitrogen and oxygen atoms in total. The third-order valence-corrected chi connectivity index (χ3v) is 5.53. The lowest BCUT2D eigenvalue weighted by Gasteiger charge is -2.33. The summed E-state index contributed by atoms with van der Waals surface area (Å²) >= 11 is 3.44. The predicted molar refractivity (Wildman–Crippen MR) is 114 cm³/mol. The molecule has 1 saturated heterocycles. The number of rotatable bonds is 4. The van der Waals surface area contributed by atoms with E-state index in [-0.39, 0.29) is 11.8 Å². The number of benzene rings is 1. The molecule has 0 unspecified atom stereocenters. The Hall–Kier alpha value is -2.67. The Morgan fingerprint density at radius 1 is 1.21 bits per heavy atom. The molecule has 3 heterocycles. The van der Waals surface area contributed by atoms with Crippen LogP contribution in [0.15, 0.2) is 53.3 Å². The summed E-state index contributed by atoms with van der Waals surface area (Å²) in [5.74, 6) is 0.705. The molecule has 3 aromatic rings. The average Bonchev–Trinajstić information content (AvgIpc) is 2.73. The predicted octanol–water partition coefficient (Wildman–Crippen LogP) is 4.26. The van der Waals surface area contributed by atoms with Gasteiger partial charge in [-0.3, -0.25) is 14.8 Å². The number of anilines is 2. The zero-order valence-corrected chi connectivity index (χ0v) is 17.1. The Morgan fingerprint density at radius 3 is 2.79 bits per heavy atom. The van der Waals surface area contributed by atoms with Crippen LogP contribution in [-0.4, -0.2) is 36.1 Å². The number of hydrogen-bond donors (Lipinski definition) is 1. The molecule has 1 fully saturated rings. The third-order valence-electron chi connectivity index (χ3n) is 5.09. The van der Waals surface area contributed by atoms with E-state index >= 15 is 0 Å². The fourth-order valence-corrected chi connectivity index (χ4v) is 3.93. The van der Waals surface area contributed by atoms with Gasteiger partial charge in [0.05, 0.1) is 24.0 Å². The van der Waals surface area contributed by atoms with Crippen LogP contribution in [0.3, 0.4) is 0 Å². The van der Waals surface area contributed by atoms with Crippen LogP contribution in [0, 0.1) is 5.92 Å². The van der Waals surface area contributed by atoms with Crippen LogP contribution >= 0.6 is 15.9 Å². The van der Waals surface area contributed by atoms with Crippen molar-refractivity contribution in [2.75, 3.05) is 30.4 Å². The number of fused-ring (bicyclic) bond motifs is 1. The van der Waals surface area contributed by atoms with E-state index in [1.807, 2.05) is 42.6 Å². The SMILES string of the molecule is COc1ccccc1NC(=O)C1CCN(c2ccnc3cc(Br)cnc23)CC1. The summed E-state index contributed by atoms with van der Waals surface area (Å²) in [6.45, 7) is 1.61. The van der Waals surface area contributed by atoms with E-state index in [2.05, 4.69) is 36.1 Å². The smallest absolute Gasteiger partial charge is 0.227 e. The molecule has 1 aromatic carbocycles. The number of nitrogens with one attached hydrogen (secondary N) is 1. The number of pyridine rings is 2. The van der Waals surface area contributed by atoms with Crippen molar-refractivity contribution in [3.8, 4) is 5.75 Å². The molecule has 0 spiro atoms. The molecule has 2 aromatic heterocycles. The molecular weight excluding hydrogens is 420 g/mol. The Labute approximate surface area is 172 Å². The van der Waals surface area contributed by atoms with E-state index in [0.29, 0.717) is 11.4 Å². The minimum Gasteiger partial charge on any atom is -0.495 e. The first-order valence-electron chi connectivity index (χ1n) is 9.25. The van der Waals surface area contributed by atoms with Crippen molar-refractivity contribution in [3.63, 3.8) is 0 Å². The van der Waals surface area contributed by atoms with E-state index in [1.165, 1.54) is 0 Å². The molecule has 144 valence electrons. The number of nitrogens with zero attached hydrogens (tertiary/aromatic N) is 3. The van der Waals surface area contributed by atoms with Gasteiger partial charge in [-0.1, -0.05) is 12.1 Å². The number of halogens is 1. The number of amides is 1. The van der Waals surface area contributed by atoms with Crippen LogP contribution in [0.4, 0.5) is 11.4 Å². The largest absolute Gasteiger partial charge is 0.495 e. The van der Waals surface area contributed by atoms with Crippen LogP contribution in [0.1, 0.15) is 12.8 Å². The van der Waals surface area contributed by atoms with Gasteiger partial charge in [0.1, 0.15) is 11.3 Å². The number of carbonyl (C=O) groups excluding carboxylic acids is 1. The minimum absolute atomic E-state index is 0.0173. The monoisotopic (exact) mass is 440 g/mol. The van der Waals surface area contributed by atoms with Gasteiger partial charge < -0.3 is 15.0 Å². The molecular formula is C21H21BrN4O2. The zero-order chi connectivity index (χ0) is 19.5. The first-order valence-corrected chi connectivity index (χ1v) is 10.0.